The number of rotatable bonds is 1. The highest BCUT2D eigenvalue weighted by Gasteiger charge is 2.19. The second-order valence-corrected chi connectivity index (χ2v) is 4.41. The zero-order valence-corrected chi connectivity index (χ0v) is 11.3. The van der Waals surface area contributed by atoms with Gasteiger partial charge >= 0.3 is 11.4 Å². The molecule has 1 aliphatic rings. The van der Waals surface area contributed by atoms with Crippen LogP contribution in [-0.2, 0) is 4.74 Å². The third-order valence-corrected chi connectivity index (χ3v) is 2.83. The van der Waals surface area contributed by atoms with Gasteiger partial charge in [0, 0.05) is 18.9 Å². The molecule has 0 saturated carbocycles. The highest BCUT2D eigenvalue weighted by molar-refractivity contribution is 4.88. The summed E-state index contributed by atoms with van der Waals surface area (Å²) >= 11 is 0. The number of hydrogen-bond donors (Lipinski definition) is 3. The summed E-state index contributed by atoms with van der Waals surface area (Å²) in [6, 6.07) is 1.24. The molecule has 0 bridgehead atoms. The molecule has 9 nitrogen and oxygen atoms in total. The van der Waals surface area contributed by atoms with Gasteiger partial charge in [-0.1, -0.05) is 0 Å². The summed E-state index contributed by atoms with van der Waals surface area (Å²) in [5, 5.41) is 0. The van der Waals surface area contributed by atoms with Gasteiger partial charge in [0.1, 0.15) is 6.23 Å². The Hall–Kier alpha value is -2.75. The molecule has 1 fully saturated rings. The van der Waals surface area contributed by atoms with Crippen LogP contribution in [0.1, 0.15) is 19.1 Å². The Bertz CT molecular complexity index is 834. The average Bonchev–Trinajstić information content (AvgIpc) is 2.97. The molecule has 22 heavy (non-hydrogen) atoms. The van der Waals surface area contributed by atoms with Crippen LogP contribution in [0.2, 0.25) is 0 Å². The van der Waals surface area contributed by atoms with Gasteiger partial charge in [-0.2, -0.15) is 4.39 Å². The van der Waals surface area contributed by atoms with Gasteiger partial charge in [0.15, 0.2) is 0 Å². The molecule has 3 N–H and O–H groups in total. The zero-order valence-electron chi connectivity index (χ0n) is 11.3. The number of halogens is 1. The van der Waals surface area contributed by atoms with Crippen molar-refractivity contribution in [2.24, 2.45) is 0 Å². The Morgan fingerprint density at radius 2 is 2.00 bits per heavy atom. The van der Waals surface area contributed by atoms with Crippen LogP contribution < -0.4 is 22.5 Å². The first kappa shape index (κ1) is 15.6. The Kier molecular flexibility index (Phi) is 4.84. The van der Waals surface area contributed by atoms with E-state index in [1.54, 1.807) is 0 Å². The summed E-state index contributed by atoms with van der Waals surface area (Å²) in [5.74, 6) is -0.972. The fraction of sp³-hybridized carbons (Fsp3) is 0.333. The molecule has 0 amide bonds. The van der Waals surface area contributed by atoms with E-state index in [4.69, 9.17) is 4.74 Å². The van der Waals surface area contributed by atoms with Crippen LogP contribution in [0.5, 0.6) is 0 Å². The zero-order chi connectivity index (χ0) is 16.1. The minimum absolute atomic E-state index is 0.381. The molecule has 0 spiro atoms. The predicted molar refractivity (Wildman–Crippen MR) is 73.2 cm³/mol. The summed E-state index contributed by atoms with van der Waals surface area (Å²) in [6.07, 6.45) is 3.22. The van der Waals surface area contributed by atoms with Crippen LogP contribution in [0.25, 0.3) is 0 Å². The maximum atomic E-state index is 12.9. The molecule has 0 aliphatic carbocycles. The van der Waals surface area contributed by atoms with E-state index in [-0.39, 0.29) is 5.56 Å². The van der Waals surface area contributed by atoms with Gasteiger partial charge in [-0.25, -0.2) is 9.59 Å². The standard InChI is InChI=1S/C8H9FN2O3.C4H4N2O2/c9-5-4-11(6-2-1-3-14-6)8(13)10-7(5)12;7-3-1-2-5-4(8)6-3/h4,6H,1-3H2,(H,10,12,13);1-2H,(H2,5,6,7,8)/t6-;/m1./s1. The minimum atomic E-state index is -0.996. The van der Waals surface area contributed by atoms with Crippen molar-refractivity contribution in [2.75, 3.05) is 6.61 Å². The van der Waals surface area contributed by atoms with Crippen molar-refractivity contribution in [3.05, 3.63) is 66.0 Å². The van der Waals surface area contributed by atoms with Gasteiger partial charge in [-0.15, -0.1) is 0 Å². The molecule has 2 aromatic rings. The monoisotopic (exact) mass is 312 g/mol. The summed E-state index contributed by atoms with van der Waals surface area (Å²) in [5.41, 5.74) is -2.49. The first-order chi connectivity index (χ1) is 10.5. The van der Waals surface area contributed by atoms with Crippen LogP contribution in [0, 0.1) is 5.82 Å². The molecule has 1 aliphatic heterocycles. The number of aromatic amines is 3. The first-order valence-electron chi connectivity index (χ1n) is 6.38. The normalized spacial score (nSPS) is 16.9. The van der Waals surface area contributed by atoms with Gasteiger partial charge in [0.05, 0.1) is 6.20 Å². The lowest BCUT2D eigenvalue weighted by Crippen LogP contribution is -2.33. The van der Waals surface area contributed by atoms with Gasteiger partial charge in [0.2, 0.25) is 5.82 Å². The number of ether oxygens (including phenoxy) is 1. The van der Waals surface area contributed by atoms with E-state index in [2.05, 4.69) is 4.98 Å². The molecule has 118 valence electrons. The van der Waals surface area contributed by atoms with Crippen LogP contribution in [0.3, 0.4) is 0 Å². The smallest absolute Gasteiger partial charge is 0.330 e. The van der Waals surface area contributed by atoms with E-state index in [1.807, 2.05) is 9.97 Å². The highest BCUT2D eigenvalue weighted by atomic mass is 19.1. The molecule has 1 atom stereocenters. The van der Waals surface area contributed by atoms with Crippen LogP contribution in [0.15, 0.2) is 37.6 Å². The summed E-state index contributed by atoms with van der Waals surface area (Å²) < 4.78 is 19.1. The fourth-order valence-corrected chi connectivity index (χ4v) is 1.84. The van der Waals surface area contributed by atoms with Crippen molar-refractivity contribution in [1.82, 2.24) is 19.5 Å². The Morgan fingerprint density at radius 3 is 2.55 bits per heavy atom. The maximum Gasteiger partial charge on any atom is 0.330 e. The number of H-pyrrole nitrogens is 3. The predicted octanol–water partition coefficient (Wildman–Crippen LogP) is -0.952. The van der Waals surface area contributed by atoms with Gasteiger partial charge < -0.3 is 9.72 Å². The lowest BCUT2D eigenvalue weighted by atomic mass is 10.3. The van der Waals surface area contributed by atoms with Crippen LogP contribution in [0.4, 0.5) is 4.39 Å². The Labute approximate surface area is 121 Å². The van der Waals surface area contributed by atoms with E-state index in [0.717, 1.165) is 17.2 Å². The number of nitrogens with zero attached hydrogens (tertiary/aromatic N) is 1. The Morgan fingerprint density at radius 1 is 1.23 bits per heavy atom. The van der Waals surface area contributed by atoms with Crippen LogP contribution in [-0.4, -0.2) is 26.1 Å². The largest absolute Gasteiger partial charge is 0.358 e. The minimum Gasteiger partial charge on any atom is -0.358 e. The topological polar surface area (TPSA) is 130 Å². The molecule has 1 saturated heterocycles. The van der Waals surface area contributed by atoms with Crippen molar-refractivity contribution >= 4 is 0 Å². The second-order valence-electron chi connectivity index (χ2n) is 4.41. The number of aromatic nitrogens is 4. The third-order valence-electron chi connectivity index (χ3n) is 2.83. The molecular formula is C12H13FN4O5. The van der Waals surface area contributed by atoms with Crippen molar-refractivity contribution in [1.29, 1.82) is 0 Å². The molecule has 0 radical (unpaired) electrons. The summed E-state index contributed by atoms with van der Waals surface area (Å²) in [7, 11) is 0. The second kappa shape index (κ2) is 6.80. The van der Waals surface area contributed by atoms with E-state index in [0.29, 0.717) is 13.0 Å². The SMILES string of the molecule is O=c1[nH]c(=O)n([C@H]2CCCO2)cc1F.O=c1cc[nH]c(=O)[nH]1. The van der Waals surface area contributed by atoms with E-state index >= 15 is 0 Å². The molecule has 3 heterocycles. The van der Waals surface area contributed by atoms with Gasteiger partial charge in [-0.05, 0) is 12.8 Å². The van der Waals surface area contributed by atoms with Crippen molar-refractivity contribution in [2.45, 2.75) is 19.1 Å². The molecule has 3 rings (SSSR count). The Balaban J connectivity index is 0.000000188. The average molecular weight is 312 g/mol. The molecule has 0 unspecified atom stereocenters. The molecule has 2 aromatic heterocycles. The molecule has 10 heteroatoms. The first-order valence-corrected chi connectivity index (χ1v) is 6.38. The quantitative estimate of drug-likeness (QED) is 0.625. The van der Waals surface area contributed by atoms with Crippen molar-refractivity contribution < 1.29 is 9.13 Å². The molecule has 0 aromatic carbocycles. The number of nitrogens with one attached hydrogen (secondary N) is 3. The third kappa shape index (κ3) is 3.88. The maximum absolute atomic E-state index is 12.9. The van der Waals surface area contributed by atoms with Crippen molar-refractivity contribution in [3.8, 4) is 0 Å². The summed E-state index contributed by atoms with van der Waals surface area (Å²) in [4.78, 5) is 48.5. The van der Waals surface area contributed by atoms with Gasteiger partial charge in [0.25, 0.3) is 11.1 Å². The lowest BCUT2D eigenvalue weighted by molar-refractivity contribution is 0.0517. The molecular weight excluding hydrogens is 299 g/mol. The van der Waals surface area contributed by atoms with Crippen LogP contribution >= 0.6 is 0 Å². The van der Waals surface area contributed by atoms with E-state index in [1.165, 1.54) is 12.3 Å². The van der Waals surface area contributed by atoms with E-state index in [9.17, 15) is 23.6 Å². The summed E-state index contributed by atoms with van der Waals surface area (Å²) in [6.45, 7) is 0.553. The number of hydrogen-bond acceptors (Lipinski definition) is 5. The lowest BCUT2D eigenvalue weighted by Gasteiger charge is -2.11. The van der Waals surface area contributed by atoms with Gasteiger partial charge in [-0.3, -0.25) is 24.1 Å². The highest BCUT2D eigenvalue weighted by Crippen LogP contribution is 2.20. The fourth-order valence-electron chi connectivity index (χ4n) is 1.84. The van der Waals surface area contributed by atoms with E-state index < -0.39 is 29.0 Å². The van der Waals surface area contributed by atoms with Crippen molar-refractivity contribution in [3.63, 3.8) is 0 Å².